The summed E-state index contributed by atoms with van der Waals surface area (Å²) in [6.45, 7) is 4.18. The molecule has 2 aromatic rings. The molecule has 1 atom stereocenters. The van der Waals surface area contributed by atoms with Crippen LogP contribution in [0.25, 0.3) is 11.0 Å². The Kier molecular flexibility index (Phi) is 5.54. The summed E-state index contributed by atoms with van der Waals surface area (Å²) in [4.78, 5) is 17.8. The van der Waals surface area contributed by atoms with Crippen molar-refractivity contribution in [3.05, 3.63) is 18.5 Å². The molecule has 2 aromatic heterocycles. The van der Waals surface area contributed by atoms with Gasteiger partial charge in [0.05, 0.1) is 24.6 Å². The number of halogens is 3. The van der Waals surface area contributed by atoms with Crippen molar-refractivity contribution >= 4 is 22.8 Å². The van der Waals surface area contributed by atoms with Crippen molar-refractivity contribution in [2.75, 3.05) is 31.5 Å². The maximum Gasteiger partial charge on any atom is 0.401 e. The topological polar surface area (TPSA) is 75.1 Å². The molecule has 2 amide bonds. The Bertz CT molecular complexity index is 804. The number of fused-ring (bicyclic) bond motifs is 1. The Morgan fingerprint density at radius 3 is 2.85 bits per heavy atom. The molecule has 7 nitrogen and oxygen atoms in total. The van der Waals surface area contributed by atoms with Crippen LogP contribution in [0.3, 0.4) is 0 Å². The van der Waals surface area contributed by atoms with E-state index in [1.807, 2.05) is 13.8 Å². The minimum atomic E-state index is -4.19. The van der Waals surface area contributed by atoms with Crippen LogP contribution in [0.1, 0.15) is 26.3 Å². The van der Waals surface area contributed by atoms with Crippen LogP contribution >= 0.6 is 0 Å². The second kappa shape index (κ2) is 7.71. The van der Waals surface area contributed by atoms with Gasteiger partial charge in [-0.25, -0.2) is 14.5 Å². The zero-order valence-electron chi connectivity index (χ0n) is 15.3. The van der Waals surface area contributed by atoms with Crippen molar-refractivity contribution < 1.29 is 18.0 Å². The average Bonchev–Trinajstić information content (AvgIpc) is 3.17. The number of hydrogen-bond acceptors (Lipinski definition) is 4. The third-order valence-electron chi connectivity index (χ3n) is 4.50. The largest absolute Gasteiger partial charge is 0.401 e. The predicted molar refractivity (Wildman–Crippen MR) is 95.5 cm³/mol. The van der Waals surface area contributed by atoms with Crippen molar-refractivity contribution in [3.8, 4) is 0 Å². The molecule has 0 radical (unpaired) electrons. The highest BCUT2D eigenvalue weighted by Gasteiger charge is 2.34. The fourth-order valence-corrected chi connectivity index (χ4v) is 3.28. The number of hydrogen-bond donors (Lipinski definition) is 2. The fourth-order valence-electron chi connectivity index (χ4n) is 3.28. The van der Waals surface area contributed by atoms with Gasteiger partial charge in [0.2, 0.25) is 0 Å². The van der Waals surface area contributed by atoms with Crippen LogP contribution in [0.5, 0.6) is 0 Å². The van der Waals surface area contributed by atoms with E-state index in [-0.39, 0.29) is 12.0 Å². The highest BCUT2D eigenvalue weighted by atomic mass is 19.4. The van der Waals surface area contributed by atoms with Gasteiger partial charge in [-0.05, 0) is 38.8 Å². The van der Waals surface area contributed by atoms with Crippen molar-refractivity contribution in [2.24, 2.45) is 5.92 Å². The first-order valence-electron chi connectivity index (χ1n) is 8.88. The van der Waals surface area contributed by atoms with E-state index < -0.39 is 18.8 Å². The number of nitrogens with one attached hydrogen (secondary N) is 2. The van der Waals surface area contributed by atoms with Gasteiger partial charge >= 0.3 is 12.2 Å². The summed E-state index contributed by atoms with van der Waals surface area (Å²) in [6.07, 6.45) is -0.296. The Hall–Kier alpha value is -2.36. The summed E-state index contributed by atoms with van der Waals surface area (Å²) >= 11 is 0. The van der Waals surface area contributed by atoms with Crippen LogP contribution in [0.2, 0.25) is 0 Å². The van der Waals surface area contributed by atoms with Gasteiger partial charge in [-0.15, -0.1) is 0 Å². The molecule has 0 bridgehead atoms. The molecule has 0 saturated carbocycles. The van der Waals surface area contributed by atoms with E-state index in [0.29, 0.717) is 31.7 Å². The molecule has 0 spiro atoms. The van der Waals surface area contributed by atoms with Crippen molar-refractivity contribution in [1.29, 1.82) is 0 Å². The number of carbonyl (C=O) groups excluding carboxylic acids is 1. The second-order valence-corrected chi connectivity index (χ2v) is 7.16. The van der Waals surface area contributed by atoms with E-state index in [4.69, 9.17) is 0 Å². The van der Waals surface area contributed by atoms with E-state index in [9.17, 15) is 18.0 Å². The smallest absolute Gasteiger partial charge is 0.338 e. The molecule has 148 valence electrons. The number of amides is 2. The maximum atomic E-state index is 12.4. The summed E-state index contributed by atoms with van der Waals surface area (Å²) < 4.78 is 39.0. The molecule has 2 N–H and O–H groups in total. The highest BCUT2D eigenvalue weighted by Crippen LogP contribution is 2.22. The molecule has 0 aromatic carbocycles. The van der Waals surface area contributed by atoms with Gasteiger partial charge in [-0.3, -0.25) is 4.90 Å². The predicted octanol–water partition coefficient (Wildman–Crippen LogP) is 3.02. The maximum absolute atomic E-state index is 12.4. The minimum Gasteiger partial charge on any atom is -0.338 e. The van der Waals surface area contributed by atoms with Crippen molar-refractivity contribution in [1.82, 2.24) is 25.0 Å². The van der Waals surface area contributed by atoms with Crippen LogP contribution in [0, 0.1) is 5.92 Å². The molecular weight excluding hydrogens is 361 g/mol. The first-order chi connectivity index (χ1) is 12.7. The Morgan fingerprint density at radius 2 is 2.15 bits per heavy atom. The number of nitrogens with zero attached hydrogens (tertiary/aromatic N) is 4. The standard InChI is InChI=1S/C17H23F3N6O/c1-11(2)26-15-13(7-23-26)5-14(8-21-15)24-16(27)22-6-12-3-4-25(9-12)10-17(18,19)20/h5,7-8,11-12H,3-4,6,9-10H2,1-2H3,(H2,22,24,27)/t12-/m1/s1. The normalized spacial score (nSPS) is 18.4. The van der Waals surface area contributed by atoms with Crippen LogP contribution in [-0.2, 0) is 0 Å². The van der Waals surface area contributed by atoms with Crippen molar-refractivity contribution in [3.63, 3.8) is 0 Å². The molecule has 0 unspecified atom stereocenters. The van der Waals surface area contributed by atoms with Gasteiger partial charge in [-0.1, -0.05) is 0 Å². The van der Waals surface area contributed by atoms with Gasteiger partial charge in [-0.2, -0.15) is 18.3 Å². The molecule has 3 heterocycles. The van der Waals surface area contributed by atoms with Crippen molar-refractivity contribution in [2.45, 2.75) is 32.5 Å². The number of carbonyl (C=O) groups is 1. The quantitative estimate of drug-likeness (QED) is 0.831. The number of aromatic nitrogens is 3. The SMILES string of the molecule is CC(C)n1ncc2cc(NC(=O)NC[C@H]3CCN(CC(F)(F)F)C3)cnc21. The van der Waals surface area contributed by atoms with E-state index in [2.05, 4.69) is 20.7 Å². The summed E-state index contributed by atoms with van der Waals surface area (Å²) in [5.74, 6) is 0.0166. The number of pyridine rings is 1. The van der Waals surface area contributed by atoms with Crippen LogP contribution < -0.4 is 10.6 Å². The lowest BCUT2D eigenvalue weighted by atomic mass is 10.1. The number of alkyl halides is 3. The zero-order chi connectivity index (χ0) is 19.6. The summed E-state index contributed by atoms with van der Waals surface area (Å²) in [6, 6.07) is 1.57. The number of rotatable bonds is 5. The molecule has 3 rings (SSSR count). The molecule has 1 saturated heterocycles. The molecule has 27 heavy (non-hydrogen) atoms. The Balaban J connectivity index is 1.49. The number of urea groups is 1. The lowest BCUT2D eigenvalue weighted by molar-refractivity contribution is -0.143. The summed E-state index contributed by atoms with van der Waals surface area (Å²) in [5.41, 5.74) is 1.28. The van der Waals surface area contributed by atoms with Gasteiger partial charge in [0.15, 0.2) is 5.65 Å². The molecule has 0 aliphatic carbocycles. The average molecular weight is 384 g/mol. The Labute approximate surface area is 154 Å². The highest BCUT2D eigenvalue weighted by molar-refractivity contribution is 5.91. The summed E-state index contributed by atoms with van der Waals surface area (Å²) in [7, 11) is 0. The minimum absolute atomic E-state index is 0.0166. The Morgan fingerprint density at radius 1 is 1.37 bits per heavy atom. The first kappa shape index (κ1) is 19.4. The third-order valence-corrected chi connectivity index (χ3v) is 4.50. The number of anilines is 1. The van der Waals surface area contributed by atoms with Gasteiger partial charge in [0.1, 0.15) is 0 Å². The van der Waals surface area contributed by atoms with Gasteiger partial charge in [0.25, 0.3) is 0 Å². The lowest BCUT2D eigenvalue weighted by Crippen LogP contribution is -2.36. The molecule has 1 aliphatic heterocycles. The van der Waals surface area contributed by atoms with Gasteiger partial charge in [0, 0.05) is 24.5 Å². The monoisotopic (exact) mass is 384 g/mol. The lowest BCUT2D eigenvalue weighted by Gasteiger charge is -2.18. The van der Waals surface area contributed by atoms with E-state index >= 15 is 0 Å². The molecular formula is C17H23F3N6O. The number of likely N-dealkylation sites (tertiary alicyclic amines) is 1. The van der Waals surface area contributed by atoms with Crippen LogP contribution in [0.15, 0.2) is 18.5 Å². The molecule has 1 aliphatic rings. The van der Waals surface area contributed by atoms with Gasteiger partial charge < -0.3 is 10.6 Å². The van der Waals surface area contributed by atoms with E-state index in [1.165, 1.54) is 4.90 Å². The summed E-state index contributed by atoms with van der Waals surface area (Å²) in [5, 5.41) is 10.5. The van der Waals surface area contributed by atoms with E-state index in [1.54, 1.807) is 23.1 Å². The fraction of sp³-hybridized carbons (Fsp3) is 0.588. The molecule has 10 heteroatoms. The third kappa shape index (κ3) is 5.09. The molecule has 1 fully saturated rings. The van der Waals surface area contributed by atoms with E-state index in [0.717, 1.165) is 11.0 Å². The zero-order valence-corrected chi connectivity index (χ0v) is 15.3. The van der Waals surface area contributed by atoms with Crippen LogP contribution in [0.4, 0.5) is 23.7 Å². The van der Waals surface area contributed by atoms with Crippen LogP contribution in [-0.4, -0.2) is 58.1 Å². The second-order valence-electron chi connectivity index (χ2n) is 7.16. The first-order valence-corrected chi connectivity index (χ1v) is 8.88.